The summed E-state index contributed by atoms with van der Waals surface area (Å²) in [6.45, 7) is 4.20. The van der Waals surface area contributed by atoms with Gasteiger partial charge in [0, 0.05) is 27.1 Å². The van der Waals surface area contributed by atoms with Crippen molar-refractivity contribution in [3.63, 3.8) is 0 Å². The lowest BCUT2D eigenvalue weighted by atomic mass is 9.98. The second-order valence-electron chi connectivity index (χ2n) is 5.36. The van der Waals surface area contributed by atoms with Gasteiger partial charge in [0.2, 0.25) is 0 Å². The Morgan fingerprint density at radius 1 is 1.26 bits per heavy atom. The SMILES string of the molecule is Cc1nc(CC(N)c2cc3c(s2)CCCC3)sc1C. The van der Waals surface area contributed by atoms with E-state index in [0.29, 0.717) is 0 Å². The van der Waals surface area contributed by atoms with E-state index in [1.807, 2.05) is 11.3 Å². The van der Waals surface area contributed by atoms with Crippen LogP contribution in [0.1, 0.15) is 49.8 Å². The molecule has 0 saturated carbocycles. The monoisotopic (exact) mass is 292 g/mol. The Morgan fingerprint density at radius 2 is 2.05 bits per heavy atom. The van der Waals surface area contributed by atoms with Crippen molar-refractivity contribution in [1.29, 1.82) is 0 Å². The molecule has 0 saturated heterocycles. The molecule has 2 N–H and O–H groups in total. The fraction of sp³-hybridized carbons (Fsp3) is 0.533. The molecule has 1 unspecified atom stereocenters. The standard InChI is InChI=1S/C15H20N2S2/c1-9-10(2)18-15(17-9)8-12(16)14-7-11-5-3-4-6-13(11)19-14/h7,12H,3-6,8,16H2,1-2H3. The maximum atomic E-state index is 6.38. The van der Waals surface area contributed by atoms with Crippen LogP contribution in [0.2, 0.25) is 0 Å². The summed E-state index contributed by atoms with van der Waals surface area (Å²) in [6, 6.07) is 2.46. The summed E-state index contributed by atoms with van der Waals surface area (Å²) in [5, 5.41) is 1.17. The highest BCUT2D eigenvalue weighted by molar-refractivity contribution is 7.12. The Bertz CT molecular complexity index is 540. The number of fused-ring (bicyclic) bond motifs is 1. The van der Waals surface area contributed by atoms with Gasteiger partial charge in [0.05, 0.1) is 10.7 Å². The zero-order valence-corrected chi connectivity index (χ0v) is 13.2. The molecule has 0 bridgehead atoms. The summed E-state index contributed by atoms with van der Waals surface area (Å²) >= 11 is 3.71. The Labute approximate surface area is 122 Å². The second-order valence-corrected chi connectivity index (χ2v) is 7.82. The highest BCUT2D eigenvalue weighted by atomic mass is 32.1. The molecule has 0 spiro atoms. The number of aromatic nitrogens is 1. The number of hydrogen-bond acceptors (Lipinski definition) is 4. The van der Waals surface area contributed by atoms with Gasteiger partial charge in [-0.1, -0.05) is 0 Å². The van der Waals surface area contributed by atoms with Crippen LogP contribution < -0.4 is 5.73 Å². The normalized spacial score (nSPS) is 16.4. The first-order chi connectivity index (χ1) is 9.13. The lowest BCUT2D eigenvalue weighted by Gasteiger charge is -2.08. The summed E-state index contributed by atoms with van der Waals surface area (Å²) in [5.74, 6) is 0. The summed E-state index contributed by atoms with van der Waals surface area (Å²) < 4.78 is 0. The third kappa shape index (κ3) is 2.76. The van der Waals surface area contributed by atoms with Crippen molar-refractivity contribution >= 4 is 22.7 Å². The Balaban J connectivity index is 1.76. The number of nitrogens with two attached hydrogens (primary N) is 1. The molecule has 2 aromatic rings. The molecule has 1 atom stereocenters. The molecular weight excluding hydrogens is 272 g/mol. The van der Waals surface area contributed by atoms with E-state index in [2.05, 4.69) is 24.9 Å². The van der Waals surface area contributed by atoms with Crippen LogP contribution >= 0.6 is 22.7 Å². The lowest BCUT2D eigenvalue weighted by molar-refractivity contribution is 0.695. The van der Waals surface area contributed by atoms with Crippen LogP contribution in [0.4, 0.5) is 0 Å². The highest BCUT2D eigenvalue weighted by Crippen LogP contribution is 2.33. The van der Waals surface area contributed by atoms with E-state index in [4.69, 9.17) is 5.73 Å². The molecule has 0 aromatic carbocycles. The van der Waals surface area contributed by atoms with Crippen LogP contribution in [0, 0.1) is 13.8 Å². The first-order valence-corrected chi connectivity index (χ1v) is 8.56. The van der Waals surface area contributed by atoms with E-state index in [1.54, 1.807) is 21.8 Å². The second kappa shape index (κ2) is 5.35. The van der Waals surface area contributed by atoms with Crippen LogP contribution in [0.3, 0.4) is 0 Å². The molecule has 3 rings (SSSR count). The highest BCUT2D eigenvalue weighted by Gasteiger charge is 2.18. The fourth-order valence-corrected chi connectivity index (χ4v) is 4.86. The number of thiophene rings is 1. The zero-order chi connectivity index (χ0) is 13.4. The molecule has 1 aliphatic carbocycles. The van der Waals surface area contributed by atoms with Crippen molar-refractivity contribution in [3.05, 3.63) is 37.0 Å². The Kier molecular flexibility index (Phi) is 3.74. The molecule has 0 fully saturated rings. The van der Waals surface area contributed by atoms with E-state index in [-0.39, 0.29) is 6.04 Å². The van der Waals surface area contributed by atoms with Crippen molar-refractivity contribution in [3.8, 4) is 0 Å². The van der Waals surface area contributed by atoms with Gasteiger partial charge in [-0.05, 0) is 51.2 Å². The number of rotatable bonds is 3. The topological polar surface area (TPSA) is 38.9 Å². The van der Waals surface area contributed by atoms with Crippen LogP contribution in [-0.4, -0.2) is 4.98 Å². The van der Waals surface area contributed by atoms with Gasteiger partial charge in [-0.15, -0.1) is 22.7 Å². The summed E-state index contributed by atoms with van der Waals surface area (Å²) in [4.78, 5) is 8.83. The maximum Gasteiger partial charge on any atom is 0.0950 e. The number of thiazole rings is 1. The van der Waals surface area contributed by atoms with Gasteiger partial charge in [0.25, 0.3) is 0 Å². The van der Waals surface area contributed by atoms with Crippen molar-refractivity contribution in [2.75, 3.05) is 0 Å². The van der Waals surface area contributed by atoms with Crippen LogP contribution in [0.5, 0.6) is 0 Å². The van der Waals surface area contributed by atoms with Crippen molar-refractivity contribution in [2.45, 2.75) is 52.0 Å². The van der Waals surface area contributed by atoms with Gasteiger partial charge >= 0.3 is 0 Å². The molecule has 2 heterocycles. The van der Waals surface area contributed by atoms with Crippen molar-refractivity contribution in [2.24, 2.45) is 5.73 Å². The molecule has 0 radical (unpaired) electrons. The number of nitrogens with zero attached hydrogens (tertiary/aromatic N) is 1. The average molecular weight is 292 g/mol. The smallest absolute Gasteiger partial charge is 0.0950 e. The van der Waals surface area contributed by atoms with E-state index in [9.17, 15) is 0 Å². The summed E-state index contributed by atoms with van der Waals surface area (Å²) in [6.07, 6.45) is 6.05. The summed E-state index contributed by atoms with van der Waals surface area (Å²) in [5.41, 5.74) is 9.08. The average Bonchev–Trinajstić information content (AvgIpc) is 2.93. The fourth-order valence-electron chi connectivity index (χ4n) is 2.61. The lowest BCUT2D eigenvalue weighted by Crippen LogP contribution is -2.11. The largest absolute Gasteiger partial charge is 0.323 e. The third-order valence-corrected chi connectivity index (χ3v) is 6.31. The quantitative estimate of drug-likeness (QED) is 0.930. The molecule has 19 heavy (non-hydrogen) atoms. The minimum atomic E-state index is 0.112. The van der Waals surface area contributed by atoms with Gasteiger partial charge in [-0.2, -0.15) is 0 Å². The zero-order valence-electron chi connectivity index (χ0n) is 11.5. The van der Waals surface area contributed by atoms with E-state index < -0.39 is 0 Å². The molecular formula is C15H20N2S2. The first kappa shape index (κ1) is 13.3. The molecule has 4 heteroatoms. The van der Waals surface area contributed by atoms with Gasteiger partial charge in [0.1, 0.15) is 0 Å². The van der Waals surface area contributed by atoms with Gasteiger partial charge < -0.3 is 5.73 Å². The van der Waals surface area contributed by atoms with Crippen LogP contribution in [0.15, 0.2) is 6.07 Å². The Morgan fingerprint density at radius 3 is 2.74 bits per heavy atom. The minimum Gasteiger partial charge on any atom is -0.323 e. The molecule has 1 aliphatic rings. The summed E-state index contributed by atoms with van der Waals surface area (Å²) in [7, 11) is 0. The predicted molar refractivity (Wildman–Crippen MR) is 83.2 cm³/mol. The van der Waals surface area contributed by atoms with E-state index in [0.717, 1.165) is 12.1 Å². The number of aryl methyl sites for hydroxylation is 4. The third-order valence-electron chi connectivity index (χ3n) is 3.85. The molecule has 2 aromatic heterocycles. The molecule has 0 amide bonds. The van der Waals surface area contributed by atoms with Gasteiger partial charge in [-0.3, -0.25) is 0 Å². The van der Waals surface area contributed by atoms with Crippen LogP contribution in [-0.2, 0) is 19.3 Å². The van der Waals surface area contributed by atoms with Crippen molar-refractivity contribution < 1.29 is 0 Å². The van der Waals surface area contributed by atoms with E-state index >= 15 is 0 Å². The number of hydrogen-bond donors (Lipinski definition) is 1. The van der Waals surface area contributed by atoms with Crippen LogP contribution in [0.25, 0.3) is 0 Å². The van der Waals surface area contributed by atoms with Gasteiger partial charge in [0.15, 0.2) is 0 Å². The maximum absolute atomic E-state index is 6.38. The van der Waals surface area contributed by atoms with Crippen molar-refractivity contribution in [1.82, 2.24) is 4.98 Å². The predicted octanol–water partition coefficient (Wildman–Crippen LogP) is 3.94. The first-order valence-electron chi connectivity index (χ1n) is 6.93. The molecule has 102 valence electrons. The molecule has 2 nitrogen and oxygen atoms in total. The minimum absolute atomic E-state index is 0.112. The van der Waals surface area contributed by atoms with Gasteiger partial charge in [-0.25, -0.2) is 4.98 Å². The molecule has 0 aliphatic heterocycles. The Hall–Kier alpha value is -0.710. The van der Waals surface area contributed by atoms with E-state index in [1.165, 1.54) is 40.4 Å².